The van der Waals surface area contributed by atoms with Crippen LogP contribution < -0.4 is 22.1 Å². The van der Waals surface area contributed by atoms with Gasteiger partial charge in [0.05, 0.1) is 6.04 Å². The predicted molar refractivity (Wildman–Crippen MR) is 54.1 cm³/mol. The first kappa shape index (κ1) is 11.4. The maximum atomic E-state index is 11.3. The van der Waals surface area contributed by atoms with Crippen LogP contribution in [0.2, 0.25) is 0 Å². The molecule has 0 saturated carbocycles. The van der Waals surface area contributed by atoms with Gasteiger partial charge in [0.2, 0.25) is 0 Å². The summed E-state index contributed by atoms with van der Waals surface area (Å²) >= 11 is 0. The topological polar surface area (TPSA) is 144 Å². The Kier molecular flexibility index (Phi) is 3.62. The van der Waals surface area contributed by atoms with Crippen LogP contribution >= 0.6 is 0 Å². The molecule has 0 aromatic heterocycles. The average Bonchev–Trinajstić information content (AvgIpc) is 2.88. The first-order valence-corrected chi connectivity index (χ1v) is 4.70. The van der Waals surface area contributed by atoms with Crippen LogP contribution in [0.5, 0.6) is 0 Å². The first-order chi connectivity index (χ1) is 7.02. The summed E-state index contributed by atoms with van der Waals surface area (Å²) in [6.07, 6.45) is 1.11. The number of amides is 1. The lowest BCUT2D eigenvalue weighted by Crippen LogP contribution is -2.37. The molecule has 0 aromatic rings. The van der Waals surface area contributed by atoms with Gasteiger partial charge in [-0.25, -0.2) is 0 Å². The molecule has 1 heterocycles. The van der Waals surface area contributed by atoms with Crippen molar-refractivity contribution in [3.8, 4) is 0 Å². The molecular formula is C8H15N5O2. The zero-order chi connectivity index (χ0) is 11.4. The second kappa shape index (κ2) is 4.74. The van der Waals surface area contributed by atoms with Gasteiger partial charge in [-0.15, -0.1) is 0 Å². The maximum Gasteiger partial charge on any atom is 0.251 e. The van der Waals surface area contributed by atoms with Gasteiger partial charge in [0.1, 0.15) is 0 Å². The van der Waals surface area contributed by atoms with E-state index in [0.717, 1.165) is 0 Å². The summed E-state index contributed by atoms with van der Waals surface area (Å²) in [6.45, 7) is 0.502. The van der Waals surface area contributed by atoms with E-state index in [9.17, 15) is 9.59 Å². The van der Waals surface area contributed by atoms with Gasteiger partial charge < -0.3 is 22.1 Å². The van der Waals surface area contributed by atoms with Gasteiger partial charge in [-0.05, 0) is 12.8 Å². The number of hydrogen-bond donors (Lipinski definition) is 5. The van der Waals surface area contributed by atoms with Crippen LogP contribution in [0, 0.1) is 5.41 Å². The third-order valence-electron chi connectivity index (χ3n) is 2.12. The first-order valence-electron chi connectivity index (χ1n) is 4.70. The van der Waals surface area contributed by atoms with Gasteiger partial charge in [-0.3, -0.25) is 15.0 Å². The van der Waals surface area contributed by atoms with Crippen LogP contribution in [0.15, 0.2) is 0 Å². The van der Waals surface area contributed by atoms with Crippen molar-refractivity contribution in [2.24, 2.45) is 11.5 Å². The molecule has 7 nitrogen and oxygen atoms in total. The minimum absolute atomic E-state index is 0.103. The number of carbonyl (C=O) groups is 2. The third kappa shape index (κ3) is 3.55. The predicted octanol–water partition coefficient (Wildman–Crippen LogP) is -2.36. The molecule has 0 aromatic carbocycles. The van der Waals surface area contributed by atoms with Crippen LogP contribution in [-0.2, 0) is 9.59 Å². The monoisotopic (exact) mass is 213 g/mol. The van der Waals surface area contributed by atoms with Gasteiger partial charge in [-0.1, -0.05) is 0 Å². The van der Waals surface area contributed by atoms with Crippen molar-refractivity contribution >= 4 is 17.6 Å². The second-order valence-corrected chi connectivity index (χ2v) is 3.43. The van der Waals surface area contributed by atoms with Gasteiger partial charge in [0, 0.05) is 6.54 Å². The molecular weight excluding hydrogens is 198 g/mol. The SMILES string of the molecule is N=C(N)NCCC[C@H](N)C(=O)C1NC1=O. The van der Waals surface area contributed by atoms with Crippen molar-refractivity contribution in [3.05, 3.63) is 0 Å². The highest BCUT2D eigenvalue weighted by atomic mass is 16.2. The largest absolute Gasteiger partial charge is 0.370 e. The molecule has 15 heavy (non-hydrogen) atoms. The summed E-state index contributed by atoms with van der Waals surface area (Å²) in [7, 11) is 0. The highest BCUT2D eigenvalue weighted by molar-refractivity contribution is 6.18. The zero-order valence-corrected chi connectivity index (χ0v) is 8.25. The van der Waals surface area contributed by atoms with Gasteiger partial charge in [-0.2, -0.15) is 0 Å². The van der Waals surface area contributed by atoms with Crippen molar-refractivity contribution in [1.82, 2.24) is 10.6 Å². The molecule has 1 fully saturated rings. The zero-order valence-electron chi connectivity index (χ0n) is 8.25. The Morgan fingerprint density at radius 1 is 1.67 bits per heavy atom. The summed E-state index contributed by atoms with van der Waals surface area (Å²) < 4.78 is 0. The van der Waals surface area contributed by atoms with Crippen molar-refractivity contribution in [2.45, 2.75) is 24.9 Å². The molecule has 1 saturated heterocycles. The number of hydrogen-bond acceptors (Lipinski definition) is 4. The quantitative estimate of drug-likeness (QED) is 0.110. The van der Waals surface area contributed by atoms with E-state index in [1.165, 1.54) is 0 Å². The number of rotatable bonds is 6. The van der Waals surface area contributed by atoms with Crippen molar-refractivity contribution in [3.63, 3.8) is 0 Å². The number of ketones is 1. The molecule has 1 amide bonds. The van der Waals surface area contributed by atoms with Crippen molar-refractivity contribution in [2.75, 3.05) is 6.54 Å². The summed E-state index contributed by atoms with van der Waals surface area (Å²) in [5.74, 6) is -0.617. The van der Waals surface area contributed by atoms with Gasteiger partial charge in [0.25, 0.3) is 5.91 Å². The molecule has 0 spiro atoms. The van der Waals surface area contributed by atoms with Crippen LogP contribution in [0.1, 0.15) is 12.8 Å². The molecule has 0 radical (unpaired) electrons. The Bertz CT molecular complexity index is 291. The highest BCUT2D eigenvalue weighted by Gasteiger charge is 2.42. The van der Waals surface area contributed by atoms with E-state index in [2.05, 4.69) is 10.6 Å². The lowest BCUT2D eigenvalue weighted by Gasteiger charge is -2.08. The van der Waals surface area contributed by atoms with E-state index in [1.54, 1.807) is 0 Å². The lowest BCUT2D eigenvalue weighted by atomic mass is 10.1. The van der Waals surface area contributed by atoms with E-state index < -0.39 is 12.1 Å². The molecule has 7 heteroatoms. The van der Waals surface area contributed by atoms with E-state index in [1.807, 2.05) is 0 Å². The van der Waals surface area contributed by atoms with E-state index in [-0.39, 0.29) is 17.6 Å². The molecule has 1 aliphatic heterocycles. The Morgan fingerprint density at radius 2 is 2.27 bits per heavy atom. The maximum absolute atomic E-state index is 11.3. The summed E-state index contributed by atoms with van der Waals surface area (Å²) in [4.78, 5) is 22.0. The number of carbonyl (C=O) groups excluding carboxylic acids is 2. The van der Waals surface area contributed by atoms with Crippen molar-refractivity contribution in [1.29, 1.82) is 5.41 Å². The van der Waals surface area contributed by atoms with Crippen molar-refractivity contribution < 1.29 is 9.59 Å². The molecule has 1 unspecified atom stereocenters. The van der Waals surface area contributed by atoms with Crippen LogP contribution in [0.3, 0.4) is 0 Å². The standard InChI is InChI=1S/C8H15N5O2/c9-4(2-1-3-12-8(10)11)6(14)5-7(15)13-5/h4-5H,1-3,9H2,(H,13,15)(H4,10,11,12)/t4-,5?/m0/s1. The fourth-order valence-corrected chi connectivity index (χ4v) is 1.20. The van der Waals surface area contributed by atoms with Gasteiger partial charge in [0.15, 0.2) is 17.8 Å². The molecule has 84 valence electrons. The Balaban J connectivity index is 2.13. The molecule has 2 atom stereocenters. The number of guanidine groups is 1. The van der Waals surface area contributed by atoms with Gasteiger partial charge >= 0.3 is 0 Å². The van der Waals surface area contributed by atoms with E-state index in [0.29, 0.717) is 19.4 Å². The van der Waals surface area contributed by atoms with E-state index >= 15 is 0 Å². The number of nitrogens with two attached hydrogens (primary N) is 2. The second-order valence-electron chi connectivity index (χ2n) is 3.43. The summed E-state index contributed by atoms with van der Waals surface area (Å²) in [5, 5.41) is 11.9. The van der Waals surface area contributed by atoms with Crippen LogP contribution in [0.4, 0.5) is 0 Å². The van der Waals surface area contributed by atoms with Crippen LogP contribution in [0.25, 0.3) is 0 Å². The Morgan fingerprint density at radius 3 is 2.73 bits per heavy atom. The Labute approximate surface area is 87.1 Å². The molecule has 7 N–H and O–H groups in total. The molecule has 1 rings (SSSR count). The Hall–Kier alpha value is -1.63. The summed E-state index contributed by atoms with van der Waals surface area (Å²) in [6, 6.07) is -1.30. The fraction of sp³-hybridized carbons (Fsp3) is 0.625. The smallest absolute Gasteiger partial charge is 0.251 e. The number of nitrogens with one attached hydrogen (secondary N) is 3. The third-order valence-corrected chi connectivity index (χ3v) is 2.12. The van der Waals surface area contributed by atoms with E-state index in [4.69, 9.17) is 16.9 Å². The number of Topliss-reactive ketones (excluding diaryl/α,β-unsaturated/α-hetero) is 1. The molecule has 0 bridgehead atoms. The molecule has 1 aliphatic rings. The normalized spacial score (nSPS) is 20.3. The minimum Gasteiger partial charge on any atom is -0.370 e. The molecule has 0 aliphatic carbocycles. The average molecular weight is 213 g/mol. The highest BCUT2D eigenvalue weighted by Crippen LogP contribution is 2.06. The van der Waals surface area contributed by atoms with Crippen LogP contribution in [-0.4, -0.2) is 36.3 Å². The lowest BCUT2D eigenvalue weighted by molar-refractivity contribution is -0.121. The fourth-order valence-electron chi connectivity index (χ4n) is 1.20. The minimum atomic E-state index is -0.680. The summed E-state index contributed by atoms with van der Waals surface area (Å²) in [5.41, 5.74) is 10.6.